The number of nitrogens with zero attached hydrogens (tertiary/aromatic N) is 1. The van der Waals surface area contributed by atoms with E-state index in [9.17, 15) is 14.7 Å². The first-order chi connectivity index (χ1) is 11.4. The van der Waals surface area contributed by atoms with Gasteiger partial charge in [0.2, 0.25) is 0 Å². The summed E-state index contributed by atoms with van der Waals surface area (Å²) < 4.78 is 5.44. The Labute approximate surface area is 146 Å². The van der Waals surface area contributed by atoms with Crippen LogP contribution in [-0.2, 0) is 4.79 Å². The maximum atomic E-state index is 12.5. The molecular weight excluding hydrogens is 332 g/mol. The molecule has 1 aliphatic rings. The molecule has 0 saturated carbocycles. The molecule has 7 heteroatoms. The summed E-state index contributed by atoms with van der Waals surface area (Å²) in [5, 5.41) is 13.4. The molecular formula is C17H23ClN2O4. The molecule has 0 spiro atoms. The average Bonchev–Trinajstić information content (AvgIpc) is 2.76. The predicted molar refractivity (Wildman–Crippen MR) is 91.1 cm³/mol. The molecule has 0 aliphatic carbocycles. The maximum absolute atomic E-state index is 12.5. The fourth-order valence-corrected chi connectivity index (χ4v) is 2.73. The van der Waals surface area contributed by atoms with Crippen molar-refractivity contribution in [3.05, 3.63) is 29.3 Å². The summed E-state index contributed by atoms with van der Waals surface area (Å²) in [7, 11) is 0. The van der Waals surface area contributed by atoms with Crippen LogP contribution < -0.4 is 10.1 Å². The van der Waals surface area contributed by atoms with Crippen LogP contribution >= 0.6 is 11.6 Å². The second kappa shape index (κ2) is 7.85. The summed E-state index contributed by atoms with van der Waals surface area (Å²) in [6.07, 6.45) is 1.40. The number of hydrogen-bond acceptors (Lipinski definition) is 4. The van der Waals surface area contributed by atoms with E-state index in [1.165, 1.54) is 0 Å². The number of rotatable bonds is 8. The van der Waals surface area contributed by atoms with E-state index in [1.807, 2.05) is 6.92 Å². The Morgan fingerprint density at radius 1 is 1.33 bits per heavy atom. The van der Waals surface area contributed by atoms with E-state index < -0.39 is 17.7 Å². The summed E-state index contributed by atoms with van der Waals surface area (Å²) in [5.41, 5.74) is -0.885. The summed E-state index contributed by atoms with van der Waals surface area (Å²) >= 11 is 5.79. The number of ether oxygens (including phenoxy) is 1. The molecule has 1 aromatic carbocycles. The van der Waals surface area contributed by atoms with Crippen LogP contribution in [0.5, 0.6) is 5.75 Å². The lowest BCUT2D eigenvalue weighted by Gasteiger charge is -2.22. The first-order valence-electron chi connectivity index (χ1n) is 8.06. The topological polar surface area (TPSA) is 78.9 Å². The molecule has 3 amide bonds. The third-order valence-electron chi connectivity index (χ3n) is 4.02. The number of amides is 3. The summed E-state index contributed by atoms with van der Waals surface area (Å²) in [6.45, 7) is 3.63. The molecule has 1 aliphatic heterocycles. The molecule has 1 heterocycles. The van der Waals surface area contributed by atoms with Crippen LogP contribution in [0.3, 0.4) is 0 Å². The molecule has 132 valence electrons. The number of β-amino-alcohol motifs (C(OH)–C–C–N with tert-alkyl or cyclic N) is 1. The van der Waals surface area contributed by atoms with Gasteiger partial charge in [0, 0.05) is 5.02 Å². The van der Waals surface area contributed by atoms with E-state index in [2.05, 4.69) is 5.32 Å². The molecule has 24 heavy (non-hydrogen) atoms. The number of carbonyl (C=O) groups is 2. The number of imide groups is 1. The Morgan fingerprint density at radius 2 is 2.00 bits per heavy atom. The van der Waals surface area contributed by atoms with Crippen LogP contribution in [0, 0.1) is 0 Å². The second-order valence-corrected chi connectivity index (χ2v) is 6.64. The molecule has 1 fully saturated rings. The van der Waals surface area contributed by atoms with Gasteiger partial charge in [0.1, 0.15) is 24.0 Å². The van der Waals surface area contributed by atoms with Crippen molar-refractivity contribution >= 4 is 23.5 Å². The molecule has 0 radical (unpaired) electrons. The van der Waals surface area contributed by atoms with Gasteiger partial charge in [-0.25, -0.2) is 4.79 Å². The number of aliphatic hydroxyl groups excluding tert-OH is 1. The number of aliphatic hydroxyl groups is 1. The minimum atomic E-state index is -0.969. The number of carbonyl (C=O) groups excluding carboxylic acids is 2. The van der Waals surface area contributed by atoms with Gasteiger partial charge >= 0.3 is 6.03 Å². The van der Waals surface area contributed by atoms with E-state index in [0.717, 1.165) is 17.7 Å². The van der Waals surface area contributed by atoms with Crippen LogP contribution in [0.2, 0.25) is 5.02 Å². The van der Waals surface area contributed by atoms with Crippen molar-refractivity contribution in [1.29, 1.82) is 0 Å². The number of urea groups is 1. The molecule has 6 nitrogen and oxygen atoms in total. The molecule has 2 atom stereocenters. The number of nitrogens with one attached hydrogen (secondary N) is 1. The van der Waals surface area contributed by atoms with Gasteiger partial charge in [0.15, 0.2) is 0 Å². The van der Waals surface area contributed by atoms with E-state index >= 15 is 0 Å². The predicted octanol–water partition coefficient (Wildman–Crippen LogP) is 2.58. The van der Waals surface area contributed by atoms with Gasteiger partial charge in [-0.15, -0.1) is 0 Å². The fourth-order valence-electron chi connectivity index (χ4n) is 2.60. The zero-order valence-electron chi connectivity index (χ0n) is 13.9. The monoisotopic (exact) mass is 354 g/mol. The Kier molecular flexibility index (Phi) is 6.07. The van der Waals surface area contributed by atoms with Crippen molar-refractivity contribution in [2.45, 2.75) is 44.8 Å². The van der Waals surface area contributed by atoms with Crippen molar-refractivity contribution < 1.29 is 19.4 Å². The minimum absolute atomic E-state index is 0.0234. The summed E-state index contributed by atoms with van der Waals surface area (Å²) in [6, 6.07) is 6.26. The third-order valence-corrected chi connectivity index (χ3v) is 4.28. The quantitative estimate of drug-likeness (QED) is 0.703. The number of unbranched alkanes of at least 4 members (excludes halogenated alkanes) is 1. The Morgan fingerprint density at radius 3 is 2.62 bits per heavy atom. The van der Waals surface area contributed by atoms with Gasteiger partial charge in [0.25, 0.3) is 5.91 Å². The van der Waals surface area contributed by atoms with Crippen LogP contribution in [0.25, 0.3) is 0 Å². The maximum Gasteiger partial charge on any atom is 0.325 e. The summed E-state index contributed by atoms with van der Waals surface area (Å²) in [5.74, 6) is 0.259. The molecule has 1 aromatic rings. The first kappa shape index (κ1) is 18.5. The average molecular weight is 355 g/mol. The van der Waals surface area contributed by atoms with Gasteiger partial charge < -0.3 is 15.2 Å². The van der Waals surface area contributed by atoms with E-state index in [1.54, 1.807) is 31.2 Å². The minimum Gasteiger partial charge on any atom is -0.491 e. The summed E-state index contributed by atoms with van der Waals surface area (Å²) in [4.78, 5) is 25.6. The molecule has 2 unspecified atom stereocenters. The van der Waals surface area contributed by atoms with Gasteiger partial charge in [-0.05, 0) is 37.6 Å². The Hall–Kier alpha value is -1.79. The third kappa shape index (κ3) is 4.39. The lowest BCUT2D eigenvalue weighted by molar-refractivity contribution is -0.132. The molecule has 0 bridgehead atoms. The van der Waals surface area contributed by atoms with Crippen molar-refractivity contribution in [2.75, 3.05) is 13.2 Å². The molecule has 2 N–H and O–H groups in total. The van der Waals surface area contributed by atoms with E-state index in [4.69, 9.17) is 16.3 Å². The van der Waals surface area contributed by atoms with Gasteiger partial charge in [0.05, 0.1) is 6.54 Å². The normalized spacial score (nSPS) is 21.8. The first-order valence-corrected chi connectivity index (χ1v) is 8.44. The van der Waals surface area contributed by atoms with Gasteiger partial charge in [-0.2, -0.15) is 0 Å². The van der Waals surface area contributed by atoms with E-state index in [0.29, 0.717) is 17.2 Å². The lowest BCUT2D eigenvalue weighted by atomic mass is 9.95. The number of halogens is 1. The Balaban J connectivity index is 1.88. The standard InChI is InChI=1S/C17H23ClN2O4/c1-3-4-9-17(2)15(22)20(16(23)19-17)10-13(21)11-24-14-7-5-12(18)6-8-14/h5-8,13,21H,3-4,9-11H2,1-2H3,(H,19,23). The smallest absolute Gasteiger partial charge is 0.325 e. The fraction of sp³-hybridized carbons (Fsp3) is 0.529. The van der Waals surface area contributed by atoms with Crippen LogP contribution in [-0.4, -0.2) is 46.7 Å². The van der Waals surface area contributed by atoms with Crippen LogP contribution in [0.15, 0.2) is 24.3 Å². The highest BCUT2D eigenvalue weighted by Gasteiger charge is 2.47. The zero-order valence-corrected chi connectivity index (χ0v) is 14.7. The highest BCUT2D eigenvalue weighted by Crippen LogP contribution is 2.23. The van der Waals surface area contributed by atoms with E-state index in [-0.39, 0.29) is 19.1 Å². The van der Waals surface area contributed by atoms with Crippen LogP contribution in [0.4, 0.5) is 4.79 Å². The van der Waals surface area contributed by atoms with Crippen molar-refractivity contribution in [3.8, 4) is 5.75 Å². The van der Waals surface area contributed by atoms with Crippen LogP contribution in [0.1, 0.15) is 33.1 Å². The SMILES string of the molecule is CCCCC1(C)NC(=O)N(CC(O)COc2ccc(Cl)cc2)C1=O. The van der Waals surface area contributed by atoms with Gasteiger partial charge in [-0.3, -0.25) is 9.69 Å². The molecule has 1 saturated heterocycles. The molecule has 2 rings (SSSR count). The van der Waals surface area contributed by atoms with Crippen molar-refractivity contribution in [1.82, 2.24) is 10.2 Å². The zero-order chi connectivity index (χ0) is 17.7. The second-order valence-electron chi connectivity index (χ2n) is 6.20. The molecule has 0 aromatic heterocycles. The van der Waals surface area contributed by atoms with Gasteiger partial charge in [-0.1, -0.05) is 31.4 Å². The highest BCUT2D eigenvalue weighted by atomic mass is 35.5. The largest absolute Gasteiger partial charge is 0.491 e. The van der Waals surface area contributed by atoms with Crippen molar-refractivity contribution in [3.63, 3.8) is 0 Å². The lowest BCUT2D eigenvalue weighted by Crippen LogP contribution is -2.44. The number of benzene rings is 1. The van der Waals surface area contributed by atoms with Crippen molar-refractivity contribution in [2.24, 2.45) is 0 Å². The number of hydrogen-bond donors (Lipinski definition) is 2. The highest BCUT2D eigenvalue weighted by molar-refractivity contribution is 6.30. The Bertz CT molecular complexity index is 593.